The Hall–Kier alpha value is -4.65. The van der Waals surface area contributed by atoms with Crippen LogP contribution in [0.5, 0.6) is 0 Å². The molecule has 9 nitrogen and oxygen atoms in total. The van der Waals surface area contributed by atoms with Crippen LogP contribution in [0.1, 0.15) is 40.1 Å². The van der Waals surface area contributed by atoms with Gasteiger partial charge in [0.05, 0.1) is 28.5 Å². The number of nitrogens with two attached hydrogens (primary N) is 2. The van der Waals surface area contributed by atoms with Crippen molar-refractivity contribution in [2.45, 2.75) is 19.6 Å². The van der Waals surface area contributed by atoms with Crippen molar-refractivity contribution in [2.75, 3.05) is 11.1 Å². The molecule has 0 aliphatic rings. The predicted molar refractivity (Wildman–Crippen MR) is 122 cm³/mol. The van der Waals surface area contributed by atoms with E-state index in [2.05, 4.69) is 20.3 Å². The van der Waals surface area contributed by atoms with E-state index in [-0.39, 0.29) is 22.8 Å². The zero-order valence-electron chi connectivity index (χ0n) is 17.6. The van der Waals surface area contributed by atoms with Crippen LogP contribution >= 0.6 is 0 Å². The topological polar surface area (TPSA) is 156 Å². The van der Waals surface area contributed by atoms with Crippen molar-refractivity contribution in [1.82, 2.24) is 19.9 Å². The van der Waals surface area contributed by atoms with Crippen molar-refractivity contribution < 1.29 is 9.18 Å². The first kappa shape index (κ1) is 21.6. The van der Waals surface area contributed by atoms with Crippen molar-refractivity contribution in [2.24, 2.45) is 5.73 Å². The van der Waals surface area contributed by atoms with Gasteiger partial charge in [0.15, 0.2) is 0 Å². The molecule has 3 aromatic heterocycles. The number of amides is 1. The number of halogens is 1. The molecule has 0 fully saturated rings. The van der Waals surface area contributed by atoms with Gasteiger partial charge in [-0.15, -0.1) is 0 Å². The zero-order valence-corrected chi connectivity index (χ0v) is 17.6. The summed E-state index contributed by atoms with van der Waals surface area (Å²) >= 11 is 0. The minimum Gasteiger partial charge on any atom is -0.382 e. The summed E-state index contributed by atoms with van der Waals surface area (Å²) in [6, 6.07) is 11.5. The van der Waals surface area contributed by atoms with E-state index < -0.39 is 18.6 Å². The number of aromatic nitrogens is 4. The molecule has 10 heteroatoms. The van der Waals surface area contributed by atoms with Crippen molar-refractivity contribution >= 4 is 28.4 Å². The van der Waals surface area contributed by atoms with Gasteiger partial charge in [0.25, 0.3) is 0 Å². The van der Waals surface area contributed by atoms with E-state index in [0.717, 1.165) is 0 Å². The lowest BCUT2D eigenvalue weighted by Crippen LogP contribution is -2.19. The minimum atomic E-state index is -0.698. The van der Waals surface area contributed by atoms with Gasteiger partial charge >= 0.3 is 0 Å². The standard InChI is InChI=1S/C23H19FN8O/c1-12(31-23-15(10-25)21(26)29-11-30-23)20-19(17-4-2-3-7-28-17)18(22(27)33)14-8-13(9-24)5-6-16(14)32-20/h2-8,11-12H,9H2,1H3,(H2,27,33)(H3,26,29,30,31). The van der Waals surface area contributed by atoms with E-state index in [1.165, 1.54) is 6.33 Å². The summed E-state index contributed by atoms with van der Waals surface area (Å²) in [5.74, 6) is -0.438. The molecule has 0 aliphatic carbocycles. The van der Waals surface area contributed by atoms with Crippen LogP contribution in [-0.4, -0.2) is 25.8 Å². The fourth-order valence-electron chi connectivity index (χ4n) is 3.64. The van der Waals surface area contributed by atoms with Crippen LogP contribution in [0.15, 0.2) is 48.9 Å². The summed E-state index contributed by atoms with van der Waals surface area (Å²) in [4.78, 5) is 29.8. The smallest absolute Gasteiger partial charge is 0.250 e. The van der Waals surface area contributed by atoms with Gasteiger partial charge in [-0.3, -0.25) is 9.78 Å². The summed E-state index contributed by atoms with van der Waals surface area (Å²) in [7, 11) is 0. The third-order valence-corrected chi connectivity index (χ3v) is 5.15. The highest BCUT2D eigenvalue weighted by atomic mass is 19.1. The Morgan fingerprint density at radius 3 is 2.73 bits per heavy atom. The number of rotatable bonds is 6. The first-order valence-electron chi connectivity index (χ1n) is 9.95. The van der Waals surface area contributed by atoms with E-state index in [0.29, 0.717) is 33.4 Å². The SMILES string of the molecule is CC(Nc1ncnc(N)c1C#N)c1nc2ccc(CF)cc2c(C(N)=O)c1-c1ccccn1. The number of benzene rings is 1. The number of hydrogen-bond donors (Lipinski definition) is 3. The summed E-state index contributed by atoms with van der Waals surface area (Å²) in [5, 5.41) is 13.0. The monoisotopic (exact) mass is 442 g/mol. The second-order valence-electron chi connectivity index (χ2n) is 7.27. The normalized spacial score (nSPS) is 11.7. The molecule has 3 heterocycles. The molecule has 0 radical (unpaired) electrons. The number of hydrogen-bond acceptors (Lipinski definition) is 8. The van der Waals surface area contributed by atoms with Crippen LogP contribution < -0.4 is 16.8 Å². The molecule has 164 valence electrons. The number of carbonyl (C=O) groups excluding carboxylic acids is 1. The molecule has 0 saturated heterocycles. The number of anilines is 2. The predicted octanol–water partition coefficient (Wildman–Crippen LogP) is 3.28. The Morgan fingerprint density at radius 1 is 1.24 bits per heavy atom. The Bertz CT molecular complexity index is 1400. The number of carbonyl (C=O) groups is 1. The summed E-state index contributed by atoms with van der Waals surface area (Å²) in [5.41, 5.74) is 14.1. The third-order valence-electron chi connectivity index (χ3n) is 5.15. The van der Waals surface area contributed by atoms with Gasteiger partial charge in [-0.25, -0.2) is 19.3 Å². The number of nitrogens with zero attached hydrogens (tertiary/aromatic N) is 5. The van der Waals surface area contributed by atoms with Crippen molar-refractivity contribution in [3.05, 3.63) is 71.3 Å². The van der Waals surface area contributed by atoms with Crippen LogP contribution in [0, 0.1) is 11.3 Å². The van der Waals surface area contributed by atoms with Crippen LogP contribution in [0.25, 0.3) is 22.2 Å². The van der Waals surface area contributed by atoms with Gasteiger partial charge in [0, 0.05) is 17.1 Å². The van der Waals surface area contributed by atoms with E-state index in [4.69, 9.17) is 16.5 Å². The fourth-order valence-corrected chi connectivity index (χ4v) is 3.64. The molecule has 1 aromatic carbocycles. The van der Waals surface area contributed by atoms with E-state index >= 15 is 0 Å². The Labute approximate surface area is 188 Å². The molecule has 33 heavy (non-hydrogen) atoms. The lowest BCUT2D eigenvalue weighted by atomic mass is 9.93. The highest BCUT2D eigenvalue weighted by Crippen LogP contribution is 2.35. The van der Waals surface area contributed by atoms with Crippen molar-refractivity contribution in [1.29, 1.82) is 5.26 Å². The molecule has 0 saturated carbocycles. The van der Waals surface area contributed by atoms with Gasteiger partial charge in [-0.2, -0.15) is 5.26 Å². The van der Waals surface area contributed by atoms with Gasteiger partial charge in [-0.1, -0.05) is 12.1 Å². The summed E-state index contributed by atoms with van der Waals surface area (Å²) < 4.78 is 13.4. The second kappa shape index (κ2) is 8.84. The number of fused-ring (bicyclic) bond motifs is 1. The first-order chi connectivity index (χ1) is 15.9. The first-order valence-corrected chi connectivity index (χ1v) is 9.95. The molecule has 5 N–H and O–H groups in total. The fraction of sp³-hybridized carbons (Fsp3) is 0.130. The molecule has 0 spiro atoms. The van der Waals surface area contributed by atoms with E-state index in [1.807, 2.05) is 6.07 Å². The number of alkyl halides is 1. The van der Waals surface area contributed by atoms with Gasteiger partial charge in [0.2, 0.25) is 5.91 Å². The number of nitrogens with one attached hydrogen (secondary N) is 1. The van der Waals surface area contributed by atoms with E-state index in [9.17, 15) is 14.4 Å². The number of pyridine rings is 2. The van der Waals surface area contributed by atoms with Gasteiger partial charge < -0.3 is 16.8 Å². The molecule has 1 atom stereocenters. The number of primary amides is 1. The van der Waals surface area contributed by atoms with Crippen molar-refractivity contribution in [3.8, 4) is 17.3 Å². The van der Waals surface area contributed by atoms with Crippen LogP contribution in [-0.2, 0) is 6.67 Å². The Balaban J connectivity index is 1.99. The number of nitrogen functional groups attached to an aromatic ring is 1. The van der Waals surface area contributed by atoms with Crippen LogP contribution in [0.2, 0.25) is 0 Å². The molecule has 1 amide bonds. The average molecular weight is 442 g/mol. The molecule has 0 aliphatic heterocycles. The highest BCUT2D eigenvalue weighted by Gasteiger charge is 2.25. The summed E-state index contributed by atoms with van der Waals surface area (Å²) in [6.45, 7) is 1.10. The molecular formula is C23H19FN8O. The molecule has 4 aromatic rings. The Morgan fingerprint density at radius 2 is 2.06 bits per heavy atom. The highest BCUT2D eigenvalue weighted by molar-refractivity contribution is 6.11. The maximum Gasteiger partial charge on any atom is 0.250 e. The molecule has 4 rings (SSSR count). The van der Waals surface area contributed by atoms with Gasteiger partial charge in [-0.05, 0) is 36.8 Å². The van der Waals surface area contributed by atoms with Crippen LogP contribution in [0.4, 0.5) is 16.0 Å². The lowest BCUT2D eigenvalue weighted by molar-refractivity contribution is 0.100. The maximum absolute atomic E-state index is 13.4. The molecule has 1 unspecified atom stereocenters. The molecule has 0 bridgehead atoms. The third kappa shape index (κ3) is 3.99. The maximum atomic E-state index is 13.4. The minimum absolute atomic E-state index is 0.0372. The van der Waals surface area contributed by atoms with E-state index in [1.54, 1.807) is 49.5 Å². The lowest BCUT2D eigenvalue weighted by Gasteiger charge is -2.21. The number of nitriles is 1. The van der Waals surface area contributed by atoms with Gasteiger partial charge in [0.1, 0.15) is 36.3 Å². The molecular weight excluding hydrogens is 423 g/mol. The average Bonchev–Trinajstić information content (AvgIpc) is 2.83. The Kier molecular flexibility index (Phi) is 5.78. The van der Waals surface area contributed by atoms with Crippen molar-refractivity contribution in [3.63, 3.8) is 0 Å². The zero-order chi connectivity index (χ0) is 23.5. The largest absolute Gasteiger partial charge is 0.382 e. The summed E-state index contributed by atoms with van der Waals surface area (Å²) in [6.07, 6.45) is 2.83. The second-order valence-corrected chi connectivity index (χ2v) is 7.27. The van der Waals surface area contributed by atoms with Crippen LogP contribution in [0.3, 0.4) is 0 Å². The quantitative estimate of drug-likeness (QED) is 0.410.